The molecular formula is C21H21ClO12. The van der Waals surface area contributed by atoms with Gasteiger partial charge in [-0.15, -0.1) is 0 Å². The van der Waals surface area contributed by atoms with Gasteiger partial charge >= 0.3 is 11.3 Å². The predicted octanol–water partition coefficient (Wildman–Crippen LogP) is -2.91. The summed E-state index contributed by atoms with van der Waals surface area (Å²) in [6, 6.07) is 5.51. The maximum atomic E-state index is 10.3. The third kappa shape index (κ3) is 4.42. The molecule has 13 heteroatoms. The molecule has 1 aliphatic heterocycles. The second-order valence-corrected chi connectivity index (χ2v) is 7.49. The van der Waals surface area contributed by atoms with Crippen molar-refractivity contribution in [2.75, 3.05) is 6.61 Å². The van der Waals surface area contributed by atoms with E-state index in [1.807, 2.05) is 0 Å². The molecule has 4 rings (SSSR count). The highest BCUT2D eigenvalue weighted by atomic mass is 35.5. The van der Waals surface area contributed by atoms with E-state index in [-0.39, 0.29) is 46.2 Å². The zero-order valence-corrected chi connectivity index (χ0v) is 17.9. The topological polar surface area (TPSA) is 212 Å². The maximum absolute atomic E-state index is 10.3. The minimum Gasteiger partial charge on any atom is -1.00 e. The summed E-state index contributed by atoms with van der Waals surface area (Å²) in [5, 5.41) is 89.2. The summed E-state index contributed by atoms with van der Waals surface area (Å²) in [6.07, 6.45) is -7.99. The van der Waals surface area contributed by atoms with Crippen LogP contribution in [-0.2, 0) is 4.74 Å². The number of phenolic OH excluding ortho intramolecular Hbond substituents is 5. The first kappa shape index (κ1) is 25.4. The molecule has 0 bridgehead atoms. The van der Waals surface area contributed by atoms with E-state index in [0.29, 0.717) is 0 Å². The normalized spacial score (nSPS) is 24.5. The van der Waals surface area contributed by atoms with Crippen molar-refractivity contribution in [3.05, 3.63) is 30.3 Å². The van der Waals surface area contributed by atoms with E-state index in [1.54, 1.807) is 0 Å². The summed E-state index contributed by atoms with van der Waals surface area (Å²) in [6.45, 7) is -0.695. The standard InChI is InChI=1S/C21H20O12.ClH/c22-6-15-17(28)18(29)19(30)21(33-15)32-14-5-9-10(24)3-8(23)4-13(9)31-20(14)7-1-11(25)16(27)12(26)2-7;/h1-5,15,17-19,21-22,28-30H,6H2,(H4-,23,24,25,26,27);1H/t15-,17+,18+,19-,21?;/m1./s1. The Bertz CT molecular complexity index is 1180. The minimum absolute atomic E-state index is 0. The van der Waals surface area contributed by atoms with Gasteiger partial charge in [0.1, 0.15) is 41.3 Å². The molecule has 2 aromatic carbocycles. The molecule has 3 aromatic rings. The summed E-state index contributed by atoms with van der Waals surface area (Å²) in [5.74, 6) is -3.32. The number of halogens is 1. The fourth-order valence-corrected chi connectivity index (χ4v) is 3.50. The van der Waals surface area contributed by atoms with Crippen molar-refractivity contribution in [1.82, 2.24) is 0 Å². The quantitative estimate of drug-likeness (QED) is 0.130. The number of aliphatic hydroxyl groups is 4. The van der Waals surface area contributed by atoms with Crippen LogP contribution < -0.4 is 17.1 Å². The molecule has 9 N–H and O–H groups in total. The third-order valence-corrected chi connectivity index (χ3v) is 5.24. The Hall–Kier alpha value is -3.26. The van der Waals surface area contributed by atoms with Crippen molar-refractivity contribution in [3.63, 3.8) is 0 Å². The fraction of sp³-hybridized carbons (Fsp3) is 0.286. The second kappa shape index (κ2) is 9.54. The molecule has 184 valence electrons. The average molecular weight is 501 g/mol. The molecule has 0 spiro atoms. The first-order valence-electron chi connectivity index (χ1n) is 9.66. The third-order valence-electron chi connectivity index (χ3n) is 5.24. The fourth-order valence-electron chi connectivity index (χ4n) is 3.50. The predicted molar refractivity (Wildman–Crippen MR) is 109 cm³/mol. The Morgan fingerprint density at radius 1 is 0.824 bits per heavy atom. The molecule has 0 saturated carbocycles. The van der Waals surface area contributed by atoms with Crippen LogP contribution in [0.5, 0.6) is 34.5 Å². The van der Waals surface area contributed by atoms with Gasteiger partial charge in [-0.2, -0.15) is 0 Å². The lowest BCUT2D eigenvalue weighted by Gasteiger charge is -2.39. The summed E-state index contributed by atoms with van der Waals surface area (Å²) < 4.78 is 16.7. The van der Waals surface area contributed by atoms with E-state index >= 15 is 0 Å². The molecule has 1 saturated heterocycles. The Balaban J connectivity index is 0.00000324. The molecular weight excluding hydrogens is 480 g/mol. The highest BCUT2D eigenvalue weighted by Gasteiger charge is 2.45. The van der Waals surface area contributed by atoms with Gasteiger partial charge in [-0.1, -0.05) is 0 Å². The van der Waals surface area contributed by atoms with Gasteiger partial charge in [-0.3, -0.25) is 0 Å². The van der Waals surface area contributed by atoms with Crippen LogP contribution >= 0.6 is 0 Å². The summed E-state index contributed by atoms with van der Waals surface area (Å²) in [5.41, 5.74) is -0.0529. The van der Waals surface area contributed by atoms with Crippen LogP contribution in [0.25, 0.3) is 22.3 Å². The van der Waals surface area contributed by atoms with Crippen LogP contribution in [0.3, 0.4) is 0 Å². The molecule has 0 aliphatic carbocycles. The monoisotopic (exact) mass is 500 g/mol. The Kier molecular flexibility index (Phi) is 7.12. The van der Waals surface area contributed by atoms with Crippen LogP contribution in [0.1, 0.15) is 0 Å². The Morgan fingerprint density at radius 2 is 1.47 bits per heavy atom. The first-order valence-corrected chi connectivity index (χ1v) is 9.66. The molecule has 1 aliphatic rings. The molecule has 2 heterocycles. The number of aromatic hydroxyl groups is 5. The van der Waals surface area contributed by atoms with Gasteiger partial charge in [0.15, 0.2) is 17.2 Å². The van der Waals surface area contributed by atoms with Crippen molar-refractivity contribution in [1.29, 1.82) is 0 Å². The van der Waals surface area contributed by atoms with Crippen molar-refractivity contribution in [3.8, 4) is 45.8 Å². The number of ether oxygens (including phenoxy) is 2. The number of hydrogen-bond donors (Lipinski definition) is 9. The number of fused-ring (bicyclic) bond motifs is 1. The lowest BCUT2D eigenvalue weighted by molar-refractivity contribution is -0.277. The Labute approximate surface area is 197 Å². The maximum Gasteiger partial charge on any atom is 0.402 e. The number of hydrogen-bond acceptors (Lipinski definition) is 11. The number of rotatable bonds is 4. The number of phenols is 5. The zero-order chi connectivity index (χ0) is 24.0. The SMILES string of the molecule is OC[C@H]1OC(Oc2cc3c(O)cc(O)cc3[o+]c2-c2cc(O)c(O)c(O)c2)[C@H](O)[C@@H](O)[C@H]1O.[Cl-]. The van der Waals surface area contributed by atoms with E-state index in [4.69, 9.17) is 13.9 Å². The smallest absolute Gasteiger partial charge is 0.402 e. The van der Waals surface area contributed by atoms with Crippen LogP contribution in [0.4, 0.5) is 0 Å². The van der Waals surface area contributed by atoms with Crippen LogP contribution in [-0.4, -0.2) is 83.3 Å². The largest absolute Gasteiger partial charge is 1.00 e. The van der Waals surface area contributed by atoms with Gasteiger partial charge in [-0.25, -0.2) is 4.42 Å². The summed E-state index contributed by atoms with van der Waals surface area (Å²) >= 11 is 0. The molecule has 1 unspecified atom stereocenters. The molecule has 5 atom stereocenters. The van der Waals surface area contributed by atoms with Gasteiger partial charge in [0, 0.05) is 24.3 Å². The molecule has 34 heavy (non-hydrogen) atoms. The van der Waals surface area contributed by atoms with Crippen LogP contribution in [0.2, 0.25) is 0 Å². The highest BCUT2D eigenvalue weighted by Crippen LogP contribution is 2.44. The van der Waals surface area contributed by atoms with Crippen molar-refractivity contribution < 1.29 is 72.3 Å². The minimum atomic E-state index is -1.76. The van der Waals surface area contributed by atoms with E-state index in [0.717, 1.165) is 18.2 Å². The first-order chi connectivity index (χ1) is 15.6. The van der Waals surface area contributed by atoms with E-state index in [1.165, 1.54) is 12.1 Å². The summed E-state index contributed by atoms with van der Waals surface area (Å²) in [7, 11) is 0. The number of aliphatic hydroxyl groups excluding tert-OH is 4. The van der Waals surface area contributed by atoms with Gasteiger partial charge in [-0.05, 0) is 0 Å². The van der Waals surface area contributed by atoms with Crippen molar-refractivity contribution in [2.45, 2.75) is 30.7 Å². The van der Waals surface area contributed by atoms with Crippen molar-refractivity contribution >= 4 is 11.0 Å². The van der Waals surface area contributed by atoms with Gasteiger partial charge in [0.25, 0.3) is 0 Å². The van der Waals surface area contributed by atoms with Crippen molar-refractivity contribution in [2.24, 2.45) is 0 Å². The zero-order valence-electron chi connectivity index (χ0n) is 17.1. The van der Waals surface area contributed by atoms with E-state index < -0.39 is 60.3 Å². The molecule has 0 amide bonds. The van der Waals surface area contributed by atoms with E-state index in [9.17, 15) is 46.0 Å². The lowest BCUT2D eigenvalue weighted by Crippen LogP contribution is -3.00. The summed E-state index contributed by atoms with van der Waals surface area (Å²) in [4.78, 5) is 0. The molecule has 1 fully saturated rings. The average Bonchev–Trinajstić information content (AvgIpc) is 2.77. The van der Waals surface area contributed by atoms with Gasteiger partial charge in [0.05, 0.1) is 18.2 Å². The lowest BCUT2D eigenvalue weighted by atomic mass is 9.99. The van der Waals surface area contributed by atoms with Gasteiger partial charge < -0.3 is 67.8 Å². The number of benzene rings is 2. The highest BCUT2D eigenvalue weighted by molar-refractivity contribution is 5.88. The van der Waals surface area contributed by atoms with Gasteiger partial charge in [0.2, 0.25) is 12.0 Å². The second-order valence-electron chi connectivity index (χ2n) is 7.49. The van der Waals surface area contributed by atoms with Crippen LogP contribution in [0, 0.1) is 0 Å². The molecule has 0 radical (unpaired) electrons. The van der Waals surface area contributed by atoms with E-state index in [2.05, 4.69) is 0 Å². The molecule has 1 aromatic heterocycles. The Morgan fingerprint density at radius 3 is 2.09 bits per heavy atom. The van der Waals surface area contributed by atoms with Crippen LogP contribution in [0.15, 0.2) is 34.7 Å². The molecule has 12 nitrogen and oxygen atoms in total.